The SMILES string of the molecule is CCCCCC/C=C\CCCCCCCC(=O)OC(COCCCCCCCCCC)COP(=O)([O-])OCC[N+](C)(C)C. The number of rotatable bonds is 32. The van der Waals surface area contributed by atoms with Crippen molar-refractivity contribution in [1.82, 2.24) is 0 Å². The summed E-state index contributed by atoms with van der Waals surface area (Å²) in [6.45, 7) is 5.35. The lowest BCUT2D eigenvalue weighted by molar-refractivity contribution is -0.870. The van der Waals surface area contributed by atoms with Crippen molar-refractivity contribution in [2.24, 2.45) is 0 Å². The van der Waals surface area contributed by atoms with Crippen molar-refractivity contribution in [2.45, 2.75) is 148 Å². The quantitative estimate of drug-likeness (QED) is 0.0241. The van der Waals surface area contributed by atoms with E-state index >= 15 is 0 Å². The normalized spacial score (nSPS) is 14.3. The number of allylic oxidation sites excluding steroid dienone is 2. The van der Waals surface area contributed by atoms with E-state index in [1.165, 1.54) is 77.0 Å². The average molecular weight is 634 g/mol. The van der Waals surface area contributed by atoms with Gasteiger partial charge >= 0.3 is 5.97 Å². The van der Waals surface area contributed by atoms with E-state index < -0.39 is 13.9 Å². The van der Waals surface area contributed by atoms with E-state index in [0.29, 0.717) is 24.1 Å². The minimum Gasteiger partial charge on any atom is -0.756 e. The predicted octanol–water partition coefficient (Wildman–Crippen LogP) is 8.52. The van der Waals surface area contributed by atoms with Crippen molar-refractivity contribution in [3.63, 3.8) is 0 Å². The van der Waals surface area contributed by atoms with Gasteiger partial charge in [-0.05, 0) is 38.5 Å². The molecule has 0 amide bonds. The predicted molar refractivity (Wildman–Crippen MR) is 176 cm³/mol. The van der Waals surface area contributed by atoms with Gasteiger partial charge in [0.2, 0.25) is 0 Å². The number of unbranched alkanes of at least 4 members (excludes halogenated alkanes) is 16. The van der Waals surface area contributed by atoms with Gasteiger partial charge in [0.05, 0.1) is 34.4 Å². The summed E-state index contributed by atoms with van der Waals surface area (Å²) < 4.78 is 34.2. The fourth-order valence-electron chi connectivity index (χ4n) is 4.54. The molecule has 0 aliphatic heterocycles. The van der Waals surface area contributed by atoms with Crippen molar-refractivity contribution in [3.05, 3.63) is 12.2 Å². The molecule has 0 saturated carbocycles. The fraction of sp³-hybridized carbons (Fsp3) is 0.912. The molecule has 9 heteroatoms. The molecule has 0 aliphatic rings. The van der Waals surface area contributed by atoms with Crippen LogP contribution in [-0.4, -0.2) is 70.7 Å². The third kappa shape index (κ3) is 32.4. The van der Waals surface area contributed by atoms with Gasteiger partial charge in [0.15, 0.2) is 0 Å². The number of ether oxygens (including phenoxy) is 2. The molecule has 43 heavy (non-hydrogen) atoms. The first kappa shape index (κ1) is 42.2. The Morgan fingerprint density at radius 1 is 0.698 bits per heavy atom. The van der Waals surface area contributed by atoms with Crippen molar-refractivity contribution >= 4 is 13.8 Å². The van der Waals surface area contributed by atoms with E-state index in [9.17, 15) is 14.3 Å². The topological polar surface area (TPSA) is 94.1 Å². The van der Waals surface area contributed by atoms with E-state index in [2.05, 4.69) is 26.0 Å². The number of carbonyl (C=O) groups is 1. The number of quaternary nitrogens is 1. The van der Waals surface area contributed by atoms with Crippen molar-refractivity contribution in [3.8, 4) is 0 Å². The van der Waals surface area contributed by atoms with Crippen LogP contribution in [0.3, 0.4) is 0 Å². The van der Waals surface area contributed by atoms with Crippen molar-refractivity contribution in [2.75, 3.05) is 54.1 Å². The molecule has 0 spiro atoms. The Labute approximate surface area is 265 Å². The van der Waals surface area contributed by atoms with E-state index in [-0.39, 0.29) is 25.8 Å². The zero-order valence-corrected chi connectivity index (χ0v) is 29.6. The Balaban J connectivity index is 4.33. The van der Waals surface area contributed by atoms with Crippen LogP contribution in [0.5, 0.6) is 0 Å². The first-order chi connectivity index (χ1) is 20.6. The van der Waals surface area contributed by atoms with Gasteiger partial charge in [0, 0.05) is 13.0 Å². The summed E-state index contributed by atoms with van der Waals surface area (Å²) in [4.78, 5) is 24.8. The molecule has 2 unspecified atom stereocenters. The van der Waals surface area contributed by atoms with Gasteiger partial charge in [-0.25, -0.2) is 0 Å². The summed E-state index contributed by atoms with van der Waals surface area (Å²) in [5.41, 5.74) is 0. The summed E-state index contributed by atoms with van der Waals surface area (Å²) in [6.07, 6.45) is 26.4. The second-order valence-corrected chi connectivity index (χ2v) is 14.3. The smallest absolute Gasteiger partial charge is 0.306 e. The van der Waals surface area contributed by atoms with E-state index in [1.807, 2.05) is 21.1 Å². The fourth-order valence-corrected chi connectivity index (χ4v) is 5.27. The molecular weight excluding hydrogens is 565 g/mol. The van der Waals surface area contributed by atoms with Gasteiger partial charge < -0.3 is 27.9 Å². The minimum atomic E-state index is -4.50. The highest BCUT2D eigenvalue weighted by atomic mass is 31.2. The number of hydrogen-bond donors (Lipinski definition) is 0. The molecule has 0 rings (SSSR count). The lowest BCUT2D eigenvalue weighted by atomic mass is 10.1. The number of nitrogens with zero attached hydrogens (tertiary/aromatic N) is 1. The molecule has 0 aromatic carbocycles. The summed E-state index contributed by atoms with van der Waals surface area (Å²) in [5.74, 6) is -0.345. The van der Waals surface area contributed by atoms with Crippen LogP contribution in [0.25, 0.3) is 0 Å². The van der Waals surface area contributed by atoms with Crippen molar-refractivity contribution in [1.29, 1.82) is 0 Å². The Morgan fingerprint density at radius 3 is 1.79 bits per heavy atom. The monoisotopic (exact) mass is 633 g/mol. The molecule has 0 saturated heterocycles. The molecule has 0 aromatic rings. The zero-order chi connectivity index (χ0) is 32.1. The summed E-state index contributed by atoms with van der Waals surface area (Å²) in [5, 5.41) is 0. The lowest BCUT2D eigenvalue weighted by Gasteiger charge is -2.28. The van der Waals surface area contributed by atoms with Gasteiger partial charge in [-0.1, -0.05) is 109 Å². The molecule has 0 bridgehead atoms. The first-order valence-corrected chi connectivity index (χ1v) is 18.9. The van der Waals surface area contributed by atoms with Crippen LogP contribution in [0.15, 0.2) is 12.2 Å². The highest BCUT2D eigenvalue weighted by Crippen LogP contribution is 2.38. The van der Waals surface area contributed by atoms with Crippen LogP contribution in [0.2, 0.25) is 0 Å². The number of hydrogen-bond acceptors (Lipinski definition) is 7. The zero-order valence-electron chi connectivity index (χ0n) is 28.7. The summed E-state index contributed by atoms with van der Waals surface area (Å²) >= 11 is 0. The minimum absolute atomic E-state index is 0.0268. The van der Waals surface area contributed by atoms with Crippen molar-refractivity contribution < 1.29 is 37.3 Å². The maximum atomic E-state index is 12.5. The van der Waals surface area contributed by atoms with Gasteiger partial charge in [-0.3, -0.25) is 9.36 Å². The van der Waals surface area contributed by atoms with Gasteiger partial charge in [-0.2, -0.15) is 0 Å². The van der Waals surface area contributed by atoms with Crippen LogP contribution in [0.1, 0.15) is 142 Å². The van der Waals surface area contributed by atoms with E-state index in [1.54, 1.807) is 0 Å². The lowest BCUT2D eigenvalue weighted by Crippen LogP contribution is -2.37. The van der Waals surface area contributed by atoms with E-state index in [0.717, 1.165) is 44.9 Å². The van der Waals surface area contributed by atoms with E-state index in [4.69, 9.17) is 18.5 Å². The highest BCUT2D eigenvalue weighted by Gasteiger charge is 2.20. The van der Waals surface area contributed by atoms with Crippen LogP contribution in [-0.2, 0) is 27.9 Å². The van der Waals surface area contributed by atoms with Crippen LogP contribution in [0, 0.1) is 0 Å². The standard InChI is InChI=1S/C34H68NO7P/c1-6-8-10-12-14-16-17-18-19-20-21-23-25-27-34(36)42-33(31-39-29-26-24-22-15-13-11-9-7-2)32-41-43(37,38)40-30-28-35(3,4)5/h16-17,33H,6-15,18-32H2,1-5H3/b17-16-. The number of phosphoric acid groups is 1. The third-order valence-electron chi connectivity index (χ3n) is 7.32. The molecule has 256 valence electrons. The Kier molecular flexibility index (Phi) is 28.2. The molecule has 2 atom stereocenters. The number of phosphoric ester groups is 1. The largest absolute Gasteiger partial charge is 0.756 e. The van der Waals surface area contributed by atoms with Gasteiger partial charge in [0.1, 0.15) is 19.3 Å². The number of carbonyl (C=O) groups excluding carboxylic acids is 1. The van der Waals surface area contributed by atoms with Gasteiger partial charge in [-0.15, -0.1) is 0 Å². The molecule has 0 fully saturated rings. The molecule has 0 radical (unpaired) electrons. The highest BCUT2D eigenvalue weighted by molar-refractivity contribution is 7.45. The van der Waals surface area contributed by atoms with Crippen LogP contribution in [0.4, 0.5) is 0 Å². The molecule has 0 N–H and O–H groups in total. The summed E-state index contributed by atoms with van der Waals surface area (Å²) in [7, 11) is 1.35. The Hall–Kier alpha value is -0.760. The molecule has 0 aromatic heterocycles. The number of esters is 1. The molecule has 0 aliphatic carbocycles. The first-order valence-electron chi connectivity index (χ1n) is 17.4. The second kappa shape index (κ2) is 28.7. The Morgan fingerprint density at radius 2 is 1.21 bits per heavy atom. The van der Waals surface area contributed by atoms with Crippen LogP contribution >= 0.6 is 7.82 Å². The second-order valence-electron chi connectivity index (χ2n) is 12.9. The molecule has 0 heterocycles. The average Bonchev–Trinajstić information content (AvgIpc) is 2.94. The third-order valence-corrected chi connectivity index (χ3v) is 8.28. The maximum Gasteiger partial charge on any atom is 0.306 e. The summed E-state index contributed by atoms with van der Waals surface area (Å²) in [6, 6.07) is 0. The molecular formula is C34H68NO7P. The number of likely N-dealkylation sites (N-methyl/N-ethyl adjacent to an activating group) is 1. The molecule has 8 nitrogen and oxygen atoms in total. The van der Waals surface area contributed by atoms with Crippen LogP contribution < -0.4 is 4.89 Å². The Bertz CT molecular complexity index is 711. The van der Waals surface area contributed by atoms with Gasteiger partial charge in [0.25, 0.3) is 7.82 Å². The maximum absolute atomic E-state index is 12.5.